The van der Waals surface area contributed by atoms with Crippen LogP contribution in [0.5, 0.6) is 0 Å². The number of ether oxygens (including phenoxy) is 1. The van der Waals surface area contributed by atoms with Crippen LogP contribution in [0.4, 0.5) is 0 Å². The maximum atomic E-state index is 12.5. The number of sulfone groups is 1. The highest BCUT2D eigenvalue weighted by atomic mass is 35.5. The summed E-state index contributed by atoms with van der Waals surface area (Å²) in [5.41, 5.74) is 0.793. The zero-order chi connectivity index (χ0) is 19.4. The summed E-state index contributed by atoms with van der Waals surface area (Å²) in [7, 11) is -3.48. The summed E-state index contributed by atoms with van der Waals surface area (Å²) in [5, 5.41) is 0.997. The average molecular weight is 428 g/mol. The maximum Gasteiger partial charge on any atom is 0.223 e. The summed E-state index contributed by atoms with van der Waals surface area (Å²) in [4.78, 5) is 14.4. The molecule has 1 aliphatic rings. The van der Waals surface area contributed by atoms with Gasteiger partial charge in [0.25, 0.3) is 0 Å². The lowest BCUT2D eigenvalue weighted by atomic mass is 10.1. The molecule has 8 heteroatoms. The zero-order valence-corrected chi connectivity index (χ0v) is 16.8. The Hall–Kier alpha value is -1.60. The van der Waals surface area contributed by atoms with Gasteiger partial charge in [-0.05, 0) is 35.9 Å². The molecule has 3 rings (SSSR count). The molecule has 0 radical (unpaired) electrons. The van der Waals surface area contributed by atoms with E-state index < -0.39 is 9.84 Å². The highest BCUT2D eigenvalue weighted by molar-refractivity contribution is 7.91. The molecule has 0 N–H and O–H groups in total. The van der Waals surface area contributed by atoms with Crippen molar-refractivity contribution in [1.29, 1.82) is 0 Å². The number of halogens is 2. The van der Waals surface area contributed by atoms with Crippen LogP contribution in [0.25, 0.3) is 0 Å². The molecule has 2 aromatic carbocycles. The van der Waals surface area contributed by atoms with Gasteiger partial charge in [0.05, 0.1) is 23.8 Å². The lowest BCUT2D eigenvalue weighted by Gasteiger charge is -2.33. The minimum atomic E-state index is -3.48. The van der Waals surface area contributed by atoms with E-state index in [1.54, 1.807) is 41.3 Å². The Morgan fingerprint density at radius 1 is 1.11 bits per heavy atom. The fourth-order valence-electron chi connectivity index (χ4n) is 2.96. The fraction of sp³-hybridized carbons (Fsp3) is 0.316. The minimum Gasteiger partial charge on any atom is -0.370 e. The van der Waals surface area contributed by atoms with Gasteiger partial charge in [0, 0.05) is 23.0 Å². The molecule has 0 aromatic heterocycles. The van der Waals surface area contributed by atoms with Gasteiger partial charge in [-0.25, -0.2) is 8.42 Å². The van der Waals surface area contributed by atoms with E-state index in [1.165, 1.54) is 12.1 Å². The summed E-state index contributed by atoms with van der Waals surface area (Å²) >= 11 is 12.1. The Labute approximate surface area is 168 Å². The molecule has 2 aromatic rings. The Balaban J connectivity index is 1.63. The first kappa shape index (κ1) is 20.1. The first-order valence-electron chi connectivity index (χ1n) is 8.48. The Morgan fingerprint density at radius 2 is 1.78 bits per heavy atom. The molecular formula is C19H19Cl2NO4S. The average Bonchev–Trinajstić information content (AvgIpc) is 2.66. The van der Waals surface area contributed by atoms with Gasteiger partial charge in [0.15, 0.2) is 9.84 Å². The Kier molecular flexibility index (Phi) is 6.42. The van der Waals surface area contributed by atoms with Gasteiger partial charge < -0.3 is 9.64 Å². The third-order valence-corrected chi connectivity index (χ3v) is 6.53. The molecule has 27 heavy (non-hydrogen) atoms. The van der Waals surface area contributed by atoms with Crippen molar-refractivity contribution in [3.63, 3.8) is 0 Å². The molecule has 1 unspecified atom stereocenters. The summed E-state index contributed by atoms with van der Waals surface area (Å²) in [6.45, 7) is 1.13. The summed E-state index contributed by atoms with van der Waals surface area (Å²) in [5.74, 6) is -0.433. The van der Waals surface area contributed by atoms with Crippen molar-refractivity contribution >= 4 is 38.9 Å². The monoisotopic (exact) mass is 427 g/mol. The number of carbonyl (C=O) groups is 1. The first-order valence-corrected chi connectivity index (χ1v) is 10.9. The second kappa shape index (κ2) is 8.61. The molecule has 1 atom stereocenters. The molecule has 1 aliphatic heterocycles. The number of benzene rings is 2. The van der Waals surface area contributed by atoms with E-state index in [0.29, 0.717) is 29.7 Å². The van der Waals surface area contributed by atoms with E-state index >= 15 is 0 Å². The predicted octanol–water partition coefficient (Wildman–Crippen LogP) is 3.76. The van der Waals surface area contributed by atoms with Gasteiger partial charge in [-0.3, -0.25) is 4.79 Å². The Bertz CT molecular complexity index is 898. The molecule has 1 saturated heterocycles. The number of nitrogens with zero attached hydrogens (tertiary/aromatic N) is 1. The SMILES string of the molecule is O=C(CCS(=O)(=O)c1ccccc1)N1CCOC(c2cc(Cl)cc(Cl)c2)C1. The number of hydrogen-bond donors (Lipinski definition) is 0. The molecule has 0 spiro atoms. The predicted molar refractivity (Wildman–Crippen MR) is 105 cm³/mol. The number of morpholine rings is 1. The quantitative estimate of drug-likeness (QED) is 0.728. The van der Waals surface area contributed by atoms with Gasteiger partial charge in [-0.15, -0.1) is 0 Å². The van der Waals surface area contributed by atoms with Gasteiger partial charge in [0.1, 0.15) is 6.10 Å². The van der Waals surface area contributed by atoms with Crippen LogP contribution in [0.2, 0.25) is 10.0 Å². The van der Waals surface area contributed by atoms with E-state index in [0.717, 1.165) is 5.56 Å². The lowest BCUT2D eigenvalue weighted by Crippen LogP contribution is -2.42. The molecule has 5 nitrogen and oxygen atoms in total. The first-order chi connectivity index (χ1) is 12.8. The maximum absolute atomic E-state index is 12.5. The van der Waals surface area contributed by atoms with Crippen molar-refractivity contribution in [3.8, 4) is 0 Å². The van der Waals surface area contributed by atoms with E-state index in [1.807, 2.05) is 0 Å². The number of rotatable bonds is 5. The van der Waals surface area contributed by atoms with Crippen LogP contribution in [-0.4, -0.2) is 44.7 Å². The van der Waals surface area contributed by atoms with Crippen molar-refractivity contribution in [2.24, 2.45) is 0 Å². The number of carbonyl (C=O) groups excluding carboxylic acids is 1. The van der Waals surface area contributed by atoms with Crippen LogP contribution in [0.15, 0.2) is 53.4 Å². The lowest BCUT2D eigenvalue weighted by molar-refractivity contribution is -0.138. The van der Waals surface area contributed by atoms with Crippen LogP contribution in [0.1, 0.15) is 18.1 Å². The van der Waals surface area contributed by atoms with Gasteiger partial charge >= 0.3 is 0 Å². The third kappa shape index (κ3) is 5.23. The van der Waals surface area contributed by atoms with Crippen LogP contribution in [0.3, 0.4) is 0 Å². The molecular weight excluding hydrogens is 409 g/mol. The zero-order valence-electron chi connectivity index (χ0n) is 14.5. The largest absolute Gasteiger partial charge is 0.370 e. The standard InChI is InChI=1S/C19H19Cl2NO4S/c20-15-10-14(11-16(21)12-15)18-13-22(7-8-26-18)19(23)6-9-27(24,25)17-4-2-1-3-5-17/h1-5,10-12,18H,6-9,13H2. The van der Waals surface area contributed by atoms with E-state index in [9.17, 15) is 13.2 Å². The minimum absolute atomic E-state index is 0.0692. The van der Waals surface area contributed by atoms with Crippen LogP contribution in [0, 0.1) is 0 Å². The molecule has 144 valence electrons. The van der Waals surface area contributed by atoms with E-state index in [4.69, 9.17) is 27.9 Å². The van der Waals surface area contributed by atoms with Crippen LogP contribution >= 0.6 is 23.2 Å². The smallest absolute Gasteiger partial charge is 0.223 e. The van der Waals surface area contributed by atoms with Gasteiger partial charge in [-0.2, -0.15) is 0 Å². The molecule has 0 aliphatic carbocycles. The normalized spacial score (nSPS) is 17.7. The Morgan fingerprint density at radius 3 is 2.44 bits per heavy atom. The molecule has 0 bridgehead atoms. The van der Waals surface area contributed by atoms with Crippen molar-refractivity contribution in [1.82, 2.24) is 4.90 Å². The molecule has 0 saturated carbocycles. The number of amides is 1. The fourth-order valence-corrected chi connectivity index (χ4v) is 4.76. The molecule has 1 heterocycles. The van der Waals surface area contributed by atoms with Crippen molar-refractivity contribution in [2.45, 2.75) is 17.4 Å². The second-order valence-electron chi connectivity index (χ2n) is 6.28. The van der Waals surface area contributed by atoms with Crippen molar-refractivity contribution < 1.29 is 17.9 Å². The second-order valence-corrected chi connectivity index (χ2v) is 9.27. The van der Waals surface area contributed by atoms with Crippen molar-refractivity contribution in [2.75, 3.05) is 25.4 Å². The van der Waals surface area contributed by atoms with E-state index in [-0.39, 0.29) is 29.1 Å². The highest BCUT2D eigenvalue weighted by Crippen LogP contribution is 2.28. The number of hydrogen-bond acceptors (Lipinski definition) is 4. The summed E-state index contributed by atoms with van der Waals surface area (Å²) in [6.07, 6.45) is -0.412. The topological polar surface area (TPSA) is 63.7 Å². The summed E-state index contributed by atoms with van der Waals surface area (Å²) < 4.78 is 30.5. The van der Waals surface area contributed by atoms with Gasteiger partial charge in [-0.1, -0.05) is 41.4 Å². The van der Waals surface area contributed by atoms with Gasteiger partial charge in [0.2, 0.25) is 5.91 Å². The highest BCUT2D eigenvalue weighted by Gasteiger charge is 2.27. The van der Waals surface area contributed by atoms with Crippen LogP contribution in [-0.2, 0) is 19.4 Å². The summed E-state index contributed by atoms with van der Waals surface area (Å²) in [6, 6.07) is 13.3. The van der Waals surface area contributed by atoms with E-state index in [2.05, 4.69) is 0 Å². The molecule has 1 amide bonds. The van der Waals surface area contributed by atoms with Crippen molar-refractivity contribution in [3.05, 3.63) is 64.1 Å². The molecule has 1 fully saturated rings. The third-order valence-electron chi connectivity index (χ3n) is 4.36. The van der Waals surface area contributed by atoms with Crippen LogP contribution < -0.4 is 0 Å².